The molecule has 0 saturated heterocycles. The second-order valence-corrected chi connectivity index (χ2v) is 5.07. The summed E-state index contributed by atoms with van der Waals surface area (Å²) in [6.45, 7) is 3.48. The average Bonchev–Trinajstić information content (AvgIpc) is 2.86. The highest BCUT2D eigenvalue weighted by molar-refractivity contribution is 5.71. The van der Waals surface area contributed by atoms with Crippen LogP contribution in [0.5, 0.6) is 5.75 Å². The molecule has 2 aromatic heterocycles. The van der Waals surface area contributed by atoms with Gasteiger partial charge in [-0.05, 0) is 37.1 Å². The van der Waals surface area contributed by atoms with E-state index in [-0.39, 0.29) is 0 Å². The van der Waals surface area contributed by atoms with Crippen molar-refractivity contribution < 1.29 is 4.74 Å². The summed E-state index contributed by atoms with van der Waals surface area (Å²) in [6.07, 6.45) is 4.58. The standard InChI is InChI=1S/C16H18N4O/c1-12-8-15-16(18-10-12)20(11-19-15)6-3-7-21-14-5-2-4-13(17)9-14/h2,4-5,8-11H,3,6-7,17H2,1H3. The first kappa shape index (κ1) is 13.4. The van der Waals surface area contributed by atoms with Crippen LogP contribution in [0.25, 0.3) is 11.2 Å². The minimum absolute atomic E-state index is 0.634. The van der Waals surface area contributed by atoms with Crippen molar-refractivity contribution in [1.29, 1.82) is 0 Å². The topological polar surface area (TPSA) is 66.0 Å². The zero-order valence-corrected chi connectivity index (χ0v) is 12.0. The highest BCUT2D eigenvalue weighted by Gasteiger charge is 2.04. The summed E-state index contributed by atoms with van der Waals surface area (Å²) in [5.74, 6) is 0.805. The number of aryl methyl sites for hydroxylation is 2. The largest absolute Gasteiger partial charge is 0.493 e. The van der Waals surface area contributed by atoms with Crippen LogP contribution in [0, 0.1) is 6.92 Å². The van der Waals surface area contributed by atoms with Gasteiger partial charge in [0.05, 0.1) is 12.9 Å². The van der Waals surface area contributed by atoms with Gasteiger partial charge in [-0.1, -0.05) is 6.07 Å². The quantitative estimate of drug-likeness (QED) is 0.577. The second kappa shape index (κ2) is 5.83. The highest BCUT2D eigenvalue weighted by Crippen LogP contribution is 2.15. The number of hydrogen-bond acceptors (Lipinski definition) is 4. The summed E-state index contributed by atoms with van der Waals surface area (Å²) in [6, 6.07) is 9.52. The summed E-state index contributed by atoms with van der Waals surface area (Å²) >= 11 is 0. The summed E-state index contributed by atoms with van der Waals surface area (Å²) in [7, 11) is 0. The maximum absolute atomic E-state index is 5.71. The minimum atomic E-state index is 0.634. The number of nitrogens with zero attached hydrogens (tertiary/aromatic N) is 3. The van der Waals surface area contributed by atoms with Crippen molar-refractivity contribution in [3.05, 3.63) is 48.4 Å². The van der Waals surface area contributed by atoms with E-state index in [0.717, 1.165) is 35.4 Å². The van der Waals surface area contributed by atoms with Gasteiger partial charge in [0.25, 0.3) is 0 Å². The predicted octanol–water partition coefficient (Wildman–Crippen LogP) is 2.79. The van der Waals surface area contributed by atoms with Crippen LogP contribution >= 0.6 is 0 Å². The molecule has 0 atom stereocenters. The monoisotopic (exact) mass is 282 g/mol. The lowest BCUT2D eigenvalue weighted by Crippen LogP contribution is -2.04. The number of imidazole rings is 1. The van der Waals surface area contributed by atoms with Crippen molar-refractivity contribution in [3.8, 4) is 5.75 Å². The molecular formula is C16H18N4O. The Morgan fingerprint density at radius 2 is 2.14 bits per heavy atom. The van der Waals surface area contributed by atoms with Gasteiger partial charge in [0, 0.05) is 24.5 Å². The molecule has 0 radical (unpaired) electrons. The Balaban J connectivity index is 1.57. The lowest BCUT2D eigenvalue weighted by molar-refractivity contribution is 0.302. The van der Waals surface area contributed by atoms with Crippen LogP contribution < -0.4 is 10.5 Å². The number of benzene rings is 1. The van der Waals surface area contributed by atoms with Crippen molar-refractivity contribution >= 4 is 16.9 Å². The molecule has 0 aliphatic rings. The van der Waals surface area contributed by atoms with Gasteiger partial charge in [0.2, 0.25) is 0 Å². The Bertz CT molecular complexity index is 751. The van der Waals surface area contributed by atoms with E-state index in [1.807, 2.05) is 49.8 Å². The molecule has 0 aliphatic carbocycles. The molecule has 5 heteroatoms. The molecule has 2 heterocycles. The van der Waals surface area contributed by atoms with Crippen molar-refractivity contribution in [1.82, 2.24) is 14.5 Å². The van der Waals surface area contributed by atoms with Crippen LogP contribution in [-0.4, -0.2) is 21.1 Å². The number of nitrogens with two attached hydrogens (primary N) is 1. The Labute approximate surface area is 123 Å². The molecule has 0 saturated carbocycles. The number of fused-ring (bicyclic) bond motifs is 1. The van der Waals surface area contributed by atoms with E-state index < -0.39 is 0 Å². The van der Waals surface area contributed by atoms with E-state index in [1.54, 1.807) is 0 Å². The maximum Gasteiger partial charge on any atom is 0.159 e. The molecule has 0 amide bonds. The Morgan fingerprint density at radius 1 is 1.24 bits per heavy atom. The Kier molecular flexibility index (Phi) is 3.73. The summed E-state index contributed by atoms with van der Waals surface area (Å²) in [4.78, 5) is 8.80. The molecule has 3 aromatic rings. The zero-order valence-electron chi connectivity index (χ0n) is 12.0. The van der Waals surface area contributed by atoms with Crippen molar-refractivity contribution in [2.24, 2.45) is 0 Å². The van der Waals surface area contributed by atoms with E-state index in [4.69, 9.17) is 10.5 Å². The first-order valence-corrected chi connectivity index (χ1v) is 6.98. The number of aromatic nitrogens is 3. The van der Waals surface area contributed by atoms with Gasteiger partial charge < -0.3 is 15.0 Å². The predicted molar refractivity (Wildman–Crippen MR) is 83.2 cm³/mol. The van der Waals surface area contributed by atoms with Crippen molar-refractivity contribution in [2.75, 3.05) is 12.3 Å². The fourth-order valence-electron chi connectivity index (χ4n) is 2.24. The third-order valence-electron chi connectivity index (χ3n) is 3.26. The van der Waals surface area contributed by atoms with Crippen LogP contribution in [0.3, 0.4) is 0 Å². The van der Waals surface area contributed by atoms with Crippen LogP contribution in [0.2, 0.25) is 0 Å². The lowest BCUT2D eigenvalue weighted by atomic mass is 10.3. The number of pyridine rings is 1. The van der Waals surface area contributed by atoms with Crippen LogP contribution in [0.1, 0.15) is 12.0 Å². The second-order valence-electron chi connectivity index (χ2n) is 5.07. The van der Waals surface area contributed by atoms with Gasteiger partial charge in [-0.25, -0.2) is 9.97 Å². The normalized spacial score (nSPS) is 10.9. The third-order valence-corrected chi connectivity index (χ3v) is 3.26. The lowest BCUT2D eigenvalue weighted by Gasteiger charge is -2.07. The molecule has 108 valence electrons. The fourth-order valence-corrected chi connectivity index (χ4v) is 2.24. The number of hydrogen-bond donors (Lipinski definition) is 1. The van der Waals surface area contributed by atoms with Crippen molar-refractivity contribution in [3.63, 3.8) is 0 Å². The summed E-state index contributed by atoms with van der Waals surface area (Å²) in [5, 5.41) is 0. The highest BCUT2D eigenvalue weighted by atomic mass is 16.5. The molecule has 0 fully saturated rings. The van der Waals surface area contributed by atoms with Crippen LogP contribution in [0.15, 0.2) is 42.9 Å². The molecule has 0 unspecified atom stereocenters. The molecule has 3 rings (SSSR count). The molecule has 1 aromatic carbocycles. The van der Waals surface area contributed by atoms with Crippen LogP contribution in [0.4, 0.5) is 5.69 Å². The van der Waals surface area contributed by atoms with E-state index in [1.165, 1.54) is 0 Å². The van der Waals surface area contributed by atoms with Gasteiger partial charge in [-0.2, -0.15) is 0 Å². The molecular weight excluding hydrogens is 264 g/mol. The first-order valence-electron chi connectivity index (χ1n) is 6.98. The van der Waals surface area contributed by atoms with Gasteiger partial charge in [0.1, 0.15) is 11.3 Å². The Morgan fingerprint density at radius 3 is 3.00 bits per heavy atom. The van der Waals surface area contributed by atoms with Gasteiger partial charge in [-0.3, -0.25) is 0 Å². The van der Waals surface area contributed by atoms with E-state index >= 15 is 0 Å². The molecule has 21 heavy (non-hydrogen) atoms. The summed E-state index contributed by atoms with van der Waals surface area (Å²) in [5.41, 5.74) is 9.41. The van der Waals surface area contributed by atoms with Crippen molar-refractivity contribution in [2.45, 2.75) is 19.9 Å². The molecule has 0 spiro atoms. The number of rotatable bonds is 5. The number of anilines is 1. The maximum atomic E-state index is 5.71. The fraction of sp³-hybridized carbons (Fsp3) is 0.250. The zero-order chi connectivity index (χ0) is 14.7. The third kappa shape index (κ3) is 3.13. The Hall–Kier alpha value is -2.56. The molecule has 0 aliphatic heterocycles. The number of nitrogen functional groups attached to an aromatic ring is 1. The van der Waals surface area contributed by atoms with E-state index in [9.17, 15) is 0 Å². The molecule has 0 bridgehead atoms. The average molecular weight is 282 g/mol. The smallest absolute Gasteiger partial charge is 0.159 e. The number of ether oxygens (including phenoxy) is 1. The first-order chi connectivity index (χ1) is 10.2. The minimum Gasteiger partial charge on any atom is -0.493 e. The van der Waals surface area contributed by atoms with E-state index in [2.05, 4.69) is 14.5 Å². The summed E-state index contributed by atoms with van der Waals surface area (Å²) < 4.78 is 7.74. The molecule has 2 N–H and O–H groups in total. The van der Waals surface area contributed by atoms with Crippen LogP contribution in [-0.2, 0) is 6.54 Å². The van der Waals surface area contributed by atoms with Gasteiger partial charge >= 0.3 is 0 Å². The molecule has 5 nitrogen and oxygen atoms in total. The SMILES string of the molecule is Cc1cnc2c(c1)ncn2CCCOc1cccc(N)c1. The van der Waals surface area contributed by atoms with Gasteiger partial charge in [0.15, 0.2) is 5.65 Å². The van der Waals surface area contributed by atoms with E-state index in [0.29, 0.717) is 12.3 Å². The van der Waals surface area contributed by atoms with Gasteiger partial charge in [-0.15, -0.1) is 0 Å².